The highest BCUT2D eigenvalue weighted by Crippen LogP contribution is 2.15. The van der Waals surface area contributed by atoms with Crippen molar-refractivity contribution in [2.24, 2.45) is 0 Å². The summed E-state index contributed by atoms with van der Waals surface area (Å²) < 4.78 is 0. The van der Waals surface area contributed by atoms with Crippen LogP contribution in [0.1, 0.15) is 5.56 Å². The number of benzene rings is 1. The van der Waals surface area contributed by atoms with Crippen LogP contribution in [0.2, 0.25) is 0 Å². The van der Waals surface area contributed by atoms with E-state index in [1.165, 1.54) is 18.2 Å². The van der Waals surface area contributed by atoms with Gasteiger partial charge in [0, 0.05) is 6.54 Å². The number of nitrogens with one attached hydrogen (secondary N) is 3. The van der Waals surface area contributed by atoms with Crippen LogP contribution >= 0.6 is 0 Å². The minimum Gasteiger partial charge on any atom is -0.364 e. The van der Waals surface area contributed by atoms with E-state index >= 15 is 0 Å². The first kappa shape index (κ1) is 15.6. The van der Waals surface area contributed by atoms with Crippen molar-refractivity contribution in [3.8, 4) is 0 Å². The maximum Gasteiger partial charge on any atom is 0.162 e. The molecule has 1 aromatic carbocycles. The Bertz CT molecular complexity index is 1070. The van der Waals surface area contributed by atoms with E-state index in [0.29, 0.717) is 0 Å². The summed E-state index contributed by atoms with van der Waals surface area (Å²) in [5, 5.41) is 3.26. The first-order valence-electron chi connectivity index (χ1n) is 7.91. The Balaban J connectivity index is 0.000000157. The lowest BCUT2D eigenvalue weighted by Crippen LogP contribution is -2.02. The SMILES string of the molecule is c1ccc(CNc2ncnc3[nH]cnc23)cc1.c1ncc2nc[nH]c2n1. The summed E-state index contributed by atoms with van der Waals surface area (Å²) in [5.74, 6) is 0.750. The number of aromatic amines is 2. The van der Waals surface area contributed by atoms with Gasteiger partial charge in [0.2, 0.25) is 0 Å². The third-order valence-corrected chi connectivity index (χ3v) is 3.62. The molecule has 0 amide bonds. The molecule has 0 aliphatic rings. The number of imidazole rings is 2. The highest BCUT2D eigenvalue weighted by atomic mass is 15.1. The fourth-order valence-corrected chi connectivity index (χ4v) is 2.37. The fraction of sp³-hybridized carbons (Fsp3) is 0.0588. The van der Waals surface area contributed by atoms with Gasteiger partial charge in [-0.2, -0.15) is 0 Å². The lowest BCUT2D eigenvalue weighted by molar-refractivity contribution is 1.10. The normalized spacial score (nSPS) is 10.5. The third kappa shape index (κ3) is 3.46. The summed E-state index contributed by atoms with van der Waals surface area (Å²) in [6.07, 6.45) is 7.89. The summed E-state index contributed by atoms with van der Waals surface area (Å²) in [6, 6.07) is 10.2. The molecule has 0 aliphatic heterocycles. The van der Waals surface area contributed by atoms with Crippen LogP contribution < -0.4 is 5.32 Å². The Labute approximate surface area is 148 Å². The molecule has 5 rings (SSSR count). The second-order valence-corrected chi connectivity index (χ2v) is 5.32. The largest absolute Gasteiger partial charge is 0.364 e. The maximum atomic E-state index is 4.19. The second-order valence-electron chi connectivity index (χ2n) is 5.32. The van der Waals surface area contributed by atoms with Gasteiger partial charge in [-0.3, -0.25) is 0 Å². The molecule has 0 spiro atoms. The zero-order chi connectivity index (χ0) is 17.6. The van der Waals surface area contributed by atoms with Crippen LogP contribution in [0.3, 0.4) is 0 Å². The predicted molar refractivity (Wildman–Crippen MR) is 97.1 cm³/mol. The van der Waals surface area contributed by atoms with E-state index in [1.54, 1.807) is 18.9 Å². The lowest BCUT2D eigenvalue weighted by atomic mass is 10.2. The van der Waals surface area contributed by atoms with E-state index < -0.39 is 0 Å². The fourth-order valence-electron chi connectivity index (χ4n) is 2.37. The average Bonchev–Trinajstić information content (AvgIpc) is 3.37. The Morgan fingerprint density at radius 3 is 2.50 bits per heavy atom. The van der Waals surface area contributed by atoms with Gasteiger partial charge in [-0.15, -0.1) is 0 Å². The van der Waals surface area contributed by atoms with Crippen LogP contribution in [0.25, 0.3) is 22.3 Å². The van der Waals surface area contributed by atoms with E-state index in [1.807, 2.05) is 18.2 Å². The zero-order valence-electron chi connectivity index (χ0n) is 13.7. The Hall–Kier alpha value is -3.88. The molecular formula is C17H15N9. The monoisotopic (exact) mass is 345 g/mol. The first-order valence-corrected chi connectivity index (χ1v) is 7.91. The molecule has 0 fully saturated rings. The van der Waals surface area contributed by atoms with Crippen molar-refractivity contribution in [1.29, 1.82) is 0 Å². The average molecular weight is 345 g/mol. The summed E-state index contributed by atoms with van der Waals surface area (Å²) in [6.45, 7) is 0.722. The Morgan fingerprint density at radius 1 is 0.808 bits per heavy atom. The van der Waals surface area contributed by atoms with E-state index in [2.05, 4.69) is 57.3 Å². The lowest BCUT2D eigenvalue weighted by Gasteiger charge is -2.05. The third-order valence-electron chi connectivity index (χ3n) is 3.62. The highest BCUT2D eigenvalue weighted by molar-refractivity contribution is 5.81. The number of aromatic nitrogens is 8. The standard InChI is InChI=1S/C12H11N5.C5H4N4/c1-2-4-9(5-3-1)6-13-11-10-12(15-7-14-10)17-8-16-11;1-4-5(8-2-6-1)9-3-7-4/h1-5,7-8H,6H2,(H2,13,14,15,16,17);1-3H,(H,6,7,8,9). The van der Waals surface area contributed by atoms with Crippen molar-refractivity contribution < 1.29 is 0 Å². The molecule has 3 N–H and O–H groups in total. The topological polar surface area (TPSA) is 121 Å². The summed E-state index contributed by atoms with van der Waals surface area (Å²) in [4.78, 5) is 29.9. The molecule has 128 valence electrons. The molecule has 4 heterocycles. The van der Waals surface area contributed by atoms with Crippen molar-refractivity contribution in [3.05, 3.63) is 67.4 Å². The number of hydrogen-bond acceptors (Lipinski definition) is 7. The maximum absolute atomic E-state index is 4.19. The number of fused-ring (bicyclic) bond motifs is 2. The number of hydrogen-bond donors (Lipinski definition) is 3. The van der Waals surface area contributed by atoms with Gasteiger partial charge in [0.25, 0.3) is 0 Å². The van der Waals surface area contributed by atoms with E-state index in [4.69, 9.17) is 0 Å². The van der Waals surface area contributed by atoms with Crippen molar-refractivity contribution in [3.63, 3.8) is 0 Å². The summed E-state index contributed by atoms with van der Waals surface area (Å²) in [5.41, 5.74) is 4.30. The molecule has 0 bridgehead atoms. The molecule has 9 heteroatoms. The molecule has 0 saturated carbocycles. The van der Waals surface area contributed by atoms with Gasteiger partial charge < -0.3 is 15.3 Å². The molecule has 5 aromatic rings. The van der Waals surface area contributed by atoms with Crippen molar-refractivity contribution in [2.45, 2.75) is 6.54 Å². The van der Waals surface area contributed by atoms with Crippen LogP contribution in [0.4, 0.5) is 5.82 Å². The highest BCUT2D eigenvalue weighted by Gasteiger charge is 2.04. The van der Waals surface area contributed by atoms with E-state index in [0.717, 1.165) is 34.7 Å². The Kier molecular flexibility index (Phi) is 4.42. The van der Waals surface area contributed by atoms with Gasteiger partial charge in [0.1, 0.15) is 23.7 Å². The Morgan fingerprint density at radius 2 is 1.62 bits per heavy atom. The first-order chi connectivity index (χ1) is 12.9. The van der Waals surface area contributed by atoms with Crippen LogP contribution in [-0.4, -0.2) is 39.9 Å². The summed E-state index contributed by atoms with van der Waals surface area (Å²) in [7, 11) is 0. The van der Waals surface area contributed by atoms with Gasteiger partial charge in [0.05, 0.1) is 18.9 Å². The smallest absolute Gasteiger partial charge is 0.162 e. The van der Waals surface area contributed by atoms with Crippen LogP contribution in [0.5, 0.6) is 0 Å². The molecule has 0 saturated heterocycles. The van der Waals surface area contributed by atoms with Gasteiger partial charge in [-0.25, -0.2) is 29.9 Å². The molecule has 9 nitrogen and oxygen atoms in total. The minimum atomic E-state index is 0.722. The summed E-state index contributed by atoms with van der Waals surface area (Å²) >= 11 is 0. The molecular weight excluding hydrogens is 330 g/mol. The van der Waals surface area contributed by atoms with E-state index in [9.17, 15) is 0 Å². The zero-order valence-corrected chi connectivity index (χ0v) is 13.7. The number of anilines is 1. The van der Waals surface area contributed by atoms with Crippen LogP contribution in [-0.2, 0) is 6.54 Å². The van der Waals surface area contributed by atoms with Crippen molar-refractivity contribution >= 4 is 28.1 Å². The molecule has 0 unspecified atom stereocenters. The van der Waals surface area contributed by atoms with Crippen molar-refractivity contribution in [1.82, 2.24) is 39.9 Å². The van der Waals surface area contributed by atoms with E-state index in [-0.39, 0.29) is 0 Å². The van der Waals surface area contributed by atoms with Crippen LogP contribution in [0, 0.1) is 0 Å². The van der Waals surface area contributed by atoms with Gasteiger partial charge in [-0.05, 0) is 5.56 Å². The number of nitrogens with zero attached hydrogens (tertiary/aromatic N) is 6. The second kappa shape index (κ2) is 7.34. The number of rotatable bonds is 3. The van der Waals surface area contributed by atoms with Gasteiger partial charge in [-0.1, -0.05) is 30.3 Å². The van der Waals surface area contributed by atoms with Gasteiger partial charge >= 0.3 is 0 Å². The molecule has 4 aromatic heterocycles. The molecule has 0 aliphatic carbocycles. The van der Waals surface area contributed by atoms with Crippen LogP contribution in [0.15, 0.2) is 61.8 Å². The molecule has 0 atom stereocenters. The number of H-pyrrole nitrogens is 2. The minimum absolute atomic E-state index is 0.722. The van der Waals surface area contributed by atoms with Crippen molar-refractivity contribution in [2.75, 3.05) is 5.32 Å². The molecule has 26 heavy (non-hydrogen) atoms. The predicted octanol–water partition coefficient (Wildman–Crippen LogP) is 2.32. The quantitative estimate of drug-likeness (QED) is 0.459. The molecule has 0 radical (unpaired) electrons. The van der Waals surface area contributed by atoms with Gasteiger partial charge in [0.15, 0.2) is 17.1 Å².